The Balaban J connectivity index is 2.47. The highest BCUT2D eigenvalue weighted by Gasteiger charge is 2.42. The number of esters is 1. The maximum atomic E-state index is 12.6. The van der Waals surface area contributed by atoms with Gasteiger partial charge in [-0.15, -0.1) is 0 Å². The molecule has 0 saturated heterocycles. The molecular weight excluding hydrogens is 235 g/mol. The Hall–Kier alpha value is -0.780. The summed E-state index contributed by atoms with van der Waals surface area (Å²) in [5.74, 6) is -1.70. The molecule has 0 amide bonds. The minimum atomic E-state index is -4.13. The van der Waals surface area contributed by atoms with Crippen molar-refractivity contribution in [3.05, 3.63) is 0 Å². The van der Waals surface area contributed by atoms with Gasteiger partial charge in [-0.05, 0) is 26.2 Å². The molecule has 1 aliphatic carbocycles. The van der Waals surface area contributed by atoms with E-state index in [1.807, 2.05) is 0 Å². The van der Waals surface area contributed by atoms with Gasteiger partial charge in [0.15, 0.2) is 0 Å². The third-order valence-corrected chi connectivity index (χ3v) is 3.18. The second-order valence-corrected chi connectivity index (χ2v) is 4.51. The van der Waals surface area contributed by atoms with E-state index in [2.05, 4.69) is 10.1 Å². The van der Waals surface area contributed by atoms with Crippen molar-refractivity contribution in [2.45, 2.75) is 50.9 Å². The molecule has 3 nitrogen and oxygen atoms in total. The first kappa shape index (κ1) is 14.3. The van der Waals surface area contributed by atoms with Crippen LogP contribution in [0.5, 0.6) is 0 Å². The van der Waals surface area contributed by atoms with E-state index in [0.29, 0.717) is 12.8 Å². The largest absolute Gasteiger partial charge is 0.468 e. The first-order valence-corrected chi connectivity index (χ1v) is 5.75. The van der Waals surface area contributed by atoms with Gasteiger partial charge >= 0.3 is 12.1 Å². The highest BCUT2D eigenvalue weighted by atomic mass is 19.4. The van der Waals surface area contributed by atoms with E-state index in [1.165, 1.54) is 7.11 Å². The third-order valence-electron chi connectivity index (χ3n) is 3.18. The van der Waals surface area contributed by atoms with Crippen LogP contribution in [0.4, 0.5) is 13.2 Å². The van der Waals surface area contributed by atoms with Gasteiger partial charge in [0.25, 0.3) is 0 Å². The SMILES string of the molecule is COC(=O)[C@H](C)NC1CCCC(C(F)(F)F)C1. The zero-order chi connectivity index (χ0) is 13.1. The molecule has 1 N–H and O–H groups in total. The Morgan fingerprint density at radius 3 is 2.59 bits per heavy atom. The average molecular weight is 253 g/mol. The van der Waals surface area contributed by atoms with Crippen molar-refractivity contribution >= 4 is 5.97 Å². The summed E-state index contributed by atoms with van der Waals surface area (Å²) >= 11 is 0. The Morgan fingerprint density at radius 1 is 1.41 bits per heavy atom. The monoisotopic (exact) mass is 253 g/mol. The number of halogens is 3. The van der Waals surface area contributed by atoms with Crippen LogP contribution >= 0.6 is 0 Å². The number of carbonyl (C=O) groups is 1. The molecule has 0 spiro atoms. The highest BCUT2D eigenvalue weighted by Crippen LogP contribution is 2.37. The maximum absolute atomic E-state index is 12.6. The smallest absolute Gasteiger partial charge is 0.391 e. The third kappa shape index (κ3) is 4.18. The van der Waals surface area contributed by atoms with Gasteiger partial charge in [0, 0.05) is 6.04 Å². The molecule has 0 heterocycles. The van der Waals surface area contributed by atoms with Gasteiger partial charge in [-0.2, -0.15) is 13.2 Å². The number of ether oxygens (including phenoxy) is 1. The molecule has 3 atom stereocenters. The Morgan fingerprint density at radius 2 is 2.06 bits per heavy atom. The average Bonchev–Trinajstić information content (AvgIpc) is 2.27. The summed E-state index contributed by atoms with van der Waals surface area (Å²) in [5, 5.41) is 2.90. The number of carbonyl (C=O) groups excluding carboxylic acids is 1. The van der Waals surface area contributed by atoms with Gasteiger partial charge < -0.3 is 10.1 Å². The first-order chi connectivity index (χ1) is 7.84. The molecule has 6 heteroatoms. The van der Waals surface area contributed by atoms with Crippen LogP contribution in [0.15, 0.2) is 0 Å². The lowest BCUT2D eigenvalue weighted by atomic mass is 9.85. The number of nitrogens with one attached hydrogen (secondary N) is 1. The zero-order valence-corrected chi connectivity index (χ0v) is 10.0. The molecule has 0 aromatic carbocycles. The van der Waals surface area contributed by atoms with Gasteiger partial charge in [-0.25, -0.2) is 0 Å². The molecule has 0 radical (unpaired) electrons. The second kappa shape index (κ2) is 5.71. The standard InChI is InChI=1S/C11H18F3NO2/c1-7(10(16)17-2)15-9-5-3-4-8(6-9)11(12,13)14/h7-9,15H,3-6H2,1-2H3/t7-,8?,9?/m0/s1. The Labute approximate surface area is 98.7 Å². The van der Waals surface area contributed by atoms with Gasteiger partial charge in [0.1, 0.15) is 6.04 Å². The number of hydrogen-bond donors (Lipinski definition) is 1. The first-order valence-electron chi connectivity index (χ1n) is 5.75. The molecule has 100 valence electrons. The van der Waals surface area contributed by atoms with Crippen LogP contribution < -0.4 is 5.32 Å². The van der Waals surface area contributed by atoms with Crippen molar-refractivity contribution < 1.29 is 22.7 Å². The topological polar surface area (TPSA) is 38.3 Å². The Bertz CT molecular complexity index is 268. The van der Waals surface area contributed by atoms with Crippen LogP contribution in [-0.2, 0) is 9.53 Å². The zero-order valence-electron chi connectivity index (χ0n) is 10.0. The summed E-state index contributed by atoms with van der Waals surface area (Å²) in [5.41, 5.74) is 0. The van der Waals surface area contributed by atoms with Crippen molar-refractivity contribution in [2.75, 3.05) is 7.11 Å². The molecule has 0 aromatic rings. The van der Waals surface area contributed by atoms with Crippen LogP contribution in [-0.4, -0.2) is 31.3 Å². The molecular formula is C11H18F3NO2. The summed E-state index contributed by atoms with van der Waals surface area (Å²) in [6, 6.07) is -0.818. The van der Waals surface area contributed by atoms with Crippen molar-refractivity contribution in [1.29, 1.82) is 0 Å². The molecule has 1 rings (SSSR count). The van der Waals surface area contributed by atoms with Crippen molar-refractivity contribution in [2.24, 2.45) is 5.92 Å². The predicted molar refractivity (Wildman–Crippen MR) is 56.4 cm³/mol. The lowest BCUT2D eigenvalue weighted by Crippen LogP contribution is -2.45. The van der Waals surface area contributed by atoms with E-state index in [1.54, 1.807) is 6.92 Å². The van der Waals surface area contributed by atoms with Gasteiger partial charge in [0.05, 0.1) is 13.0 Å². The summed E-state index contributed by atoms with van der Waals surface area (Å²) in [6.07, 6.45) is -2.68. The van der Waals surface area contributed by atoms with Crippen molar-refractivity contribution in [1.82, 2.24) is 5.32 Å². The van der Waals surface area contributed by atoms with Crippen molar-refractivity contribution in [3.63, 3.8) is 0 Å². The van der Waals surface area contributed by atoms with E-state index in [-0.39, 0.29) is 18.9 Å². The number of hydrogen-bond acceptors (Lipinski definition) is 3. The van der Waals surface area contributed by atoms with E-state index < -0.39 is 24.1 Å². The minimum Gasteiger partial charge on any atom is -0.468 e. The molecule has 1 aliphatic rings. The molecule has 0 aliphatic heterocycles. The summed E-state index contributed by atoms with van der Waals surface area (Å²) in [6.45, 7) is 1.60. The van der Waals surface area contributed by atoms with Crippen molar-refractivity contribution in [3.8, 4) is 0 Å². The van der Waals surface area contributed by atoms with Gasteiger partial charge in [-0.3, -0.25) is 4.79 Å². The van der Waals surface area contributed by atoms with E-state index in [9.17, 15) is 18.0 Å². The van der Waals surface area contributed by atoms with Crippen LogP contribution in [0.1, 0.15) is 32.6 Å². The number of methoxy groups -OCH3 is 1. The molecule has 2 unspecified atom stereocenters. The van der Waals surface area contributed by atoms with Crippen LogP contribution in [0.25, 0.3) is 0 Å². The molecule has 0 aromatic heterocycles. The quantitative estimate of drug-likeness (QED) is 0.784. The lowest BCUT2D eigenvalue weighted by molar-refractivity contribution is -0.183. The fourth-order valence-electron chi connectivity index (χ4n) is 2.24. The number of rotatable bonds is 3. The molecule has 1 saturated carbocycles. The van der Waals surface area contributed by atoms with Gasteiger partial charge in [0.2, 0.25) is 0 Å². The fourth-order valence-corrected chi connectivity index (χ4v) is 2.24. The molecule has 17 heavy (non-hydrogen) atoms. The maximum Gasteiger partial charge on any atom is 0.391 e. The van der Waals surface area contributed by atoms with Crippen LogP contribution in [0.3, 0.4) is 0 Å². The normalized spacial score (nSPS) is 27.6. The predicted octanol–water partition coefficient (Wildman–Crippen LogP) is 2.26. The fraction of sp³-hybridized carbons (Fsp3) is 0.909. The summed E-state index contributed by atoms with van der Waals surface area (Å²) in [4.78, 5) is 11.2. The van der Waals surface area contributed by atoms with E-state index >= 15 is 0 Å². The van der Waals surface area contributed by atoms with Crippen LogP contribution in [0.2, 0.25) is 0 Å². The highest BCUT2D eigenvalue weighted by molar-refractivity contribution is 5.75. The lowest BCUT2D eigenvalue weighted by Gasteiger charge is -2.32. The Kier molecular flexibility index (Phi) is 4.80. The van der Waals surface area contributed by atoms with Crippen LogP contribution in [0, 0.1) is 5.92 Å². The molecule has 1 fully saturated rings. The van der Waals surface area contributed by atoms with E-state index in [0.717, 1.165) is 0 Å². The second-order valence-electron chi connectivity index (χ2n) is 4.51. The van der Waals surface area contributed by atoms with E-state index in [4.69, 9.17) is 0 Å². The summed E-state index contributed by atoms with van der Waals surface area (Å²) < 4.78 is 42.2. The van der Waals surface area contributed by atoms with Gasteiger partial charge in [-0.1, -0.05) is 6.42 Å². The minimum absolute atomic E-state index is 0.0465. The summed E-state index contributed by atoms with van der Waals surface area (Å²) in [7, 11) is 1.26. The molecule has 0 bridgehead atoms. The number of alkyl halides is 3.